The van der Waals surface area contributed by atoms with Crippen molar-refractivity contribution in [2.45, 2.75) is 0 Å². The highest BCUT2D eigenvalue weighted by Crippen LogP contribution is 2.25. The quantitative estimate of drug-likeness (QED) is 0.612. The van der Waals surface area contributed by atoms with Crippen molar-refractivity contribution in [3.8, 4) is 0 Å². The molecule has 28 heavy (non-hydrogen) atoms. The van der Waals surface area contributed by atoms with Crippen LogP contribution in [0.4, 0.5) is 11.4 Å². The van der Waals surface area contributed by atoms with Crippen LogP contribution in [0.2, 0.25) is 5.02 Å². The number of nitro benzene ring substituents is 1. The van der Waals surface area contributed by atoms with Gasteiger partial charge < -0.3 is 10.2 Å². The van der Waals surface area contributed by atoms with E-state index in [0.717, 1.165) is 5.69 Å². The summed E-state index contributed by atoms with van der Waals surface area (Å²) in [5.74, 6) is -0.531. The molecule has 1 fully saturated rings. The molecule has 0 saturated carbocycles. The molecule has 2 aromatic carbocycles. The Morgan fingerprint density at radius 2 is 1.75 bits per heavy atom. The number of nitro groups is 1. The number of carbonyl (C=O) groups excluding carboxylic acids is 2. The summed E-state index contributed by atoms with van der Waals surface area (Å²) >= 11 is 5.80. The number of nitrogens with zero attached hydrogens (tertiary/aromatic N) is 3. The fraction of sp³-hybridized carbons (Fsp3) is 0.263. The molecule has 0 aromatic heterocycles. The van der Waals surface area contributed by atoms with Crippen LogP contribution in [0.5, 0.6) is 0 Å². The number of piperazine rings is 1. The van der Waals surface area contributed by atoms with Crippen LogP contribution < -0.4 is 5.32 Å². The van der Waals surface area contributed by atoms with Gasteiger partial charge in [-0.3, -0.25) is 24.6 Å². The lowest BCUT2D eigenvalue weighted by Gasteiger charge is -2.34. The number of nitrogens with one attached hydrogen (secondary N) is 1. The standard InChI is InChI=1S/C19H19ClN4O4/c20-14-6-7-16(17(12-14)24(27)28)19(26)23-10-8-22(9-11-23)13-18(25)21-15-4-2-1-3-5-15/h1-7,12H,8-11,13H2,(H,21,25). The first-order chi connectivity index (χ1) is 13.4. The maximum atomic E-state index is 12.7. The maximum absolute atomic E-state index is 12.7. The van der Waals surface area contributed by atoms with Crippen molar-refractivity contribution in [1.29, 1.82) is 0 Å². The number of hydrogen-bond donors (Lipinski definition) is 1. The van der Waals surface area contributed by atoms with Crippen molar-refractivity contribution in [3.63, 3.8) is 0 Å². The molecule has 1 heterocycles. The molecule has 0 atom stereocenters. The Bertz CT molecular complexity index is 883. The Balaban J connectivity index is 1.56. The summed E-state index contributed by atoms with van der Waals surface area (Å²) in [6.07, 6.45) is 0. The largest absolute Gasteiger partial charge is 0.336 e. The smallest absolute Gasteiger partial charge is 0.283 e. The van der Waals surface area contributed by atoms with E-state index in [9.17, 15) is 19.7 Å². The van der Waals surface area contributed by atoms with Crippen LogP contribution in [0.3, 0.4) is 0 Å². The zero-order valence-corrected chi connectivity index (χ0v) is 15.8. The minimum atomic E-state index is -0.608. The second-order valence-electron chi connectivity index (χ2n) is 6.40. The highest BCUT2D eigenvalue weighted by Gasteiger charge is 2.28. The molecule has 2 amide bonds. The third-order valence-corrected chi connectivity index (χ3v) is 4.71. The summed E-state index contributed by atoms with van der Waals surface area (Å²) < 4.78 is 0. The van der Waals surface area contributed by atoms with Gasteiger partial charge in [-0.15, -0.1) is 0 Å². The molecule has 9 heteroatoms. The SMILES string of the molecule is O=C(CN1CCN(C(=O)c2ccc(Cl)cc2[N+](=O)[O-])CC1)Nc1ccccc1. The summed E-state index contributed by atoms with van der Waals surface area (Å²) in [5.41, 5.74) is 0.447. The van der Waals surface area contributed by atoms with Gasteiger partial charge in [-0.25, -0.2) is 0 Å². The topological polar surface area (TPSA) is 95.8 Å². The van der Waals surface area contributed by atoms with Gasteiger partial charge in [0, 0.05) is 43.0 Å². The van der Waals surface area contributed by atoms with E-state index >= 15 is 0 Å². The van der Waals surface area contributed by atoms with Gasteiger partial charge in [0.05, 0.1) is 11.5 Å². The van der Waals surface area contributed by atoms with Crippen molar-refractivity contribution in [1.82, 2.24) is 9.80 Å². The first-order valence-corrected chi connectivity index (χ1v) is 9.12. The summed E-state index contributed by atoms with van der Waals surface area (Å²) in [5, 5.41) is 14.2. The lowest BCUT2D eigenvalue weighted by Crippen LogP contribution is -2.50. The van der Waals surface area contributed by atoms with E-state index in [0.29, 0.717) is 26.2 Å². The molecule has 0 radical (unpaired) electrons. The maximum Gasteiger partial charge on any atom is 0.283 e. The normalized spacial score (nSPS) is 14.5. The van der Waals surface area contributed by atoms with Gasteiger partial charge in [0.1, 0.15) is 5.56 Å². The number of anilines is 1. The Hall–Kier alpha value is -2.97. The van der Waals surface area contributed by atoms with E-state index in [-0.39, 0.29) is 28.7 Å². The van der Waals surface area contributed by atoms with E-state index in [1.165, 1.54) is 18.2 Å². The van der Waals surface area contributed by atoms with E-state index in [2.05, 4.69) is 5.32 Å². The average Bonchev–Trinajstić information content (AvgIpc) is 2.68. The summed E-state index contributed by atoms with van der Waals surface area (Å²) in [6.45, 7) is 2.01. The van der Waals surface area contributed by atoms with Gasteiger partial charge in [0.2, 0.25) is 5.91 Å². The highest BCUT2D eigenvalue weighted by molar-refractivity contribution is 6.31. The highest BCUT2D eigenvalue weighted by atomic mass is 35.5. The van der Waals surface area contributed by atoms with Crippen molar-refractivity contribution >= 4 is 34.8 Å². The van der Waals surface area contributed by atoms with Crippen molar-refractivity contribution in [3.05, 3.63) is 69.2 Å². The van der Waals surface area contributed by atoms with E-state index < -0.39 is 10.8 Å². The van der Waals surface area contributed by atoms with Gasteiger partial charge in [-0.05, 0) is 24.3 Å². The van der Waals surface area contributed by atoms with E-state index in [1.54, 1.807) is 4.90 Å². The monoisotopic (exact) mass is 402 g/mol. The second-order valence-corrected chi connectivity index (χ2v) is 6.84. The minimum absolute atomic E-state index is 0.0182. The first kappa shape index (κ1) is 19.8. The van der Waals surface area contributed by atoms with Gasteiger partial charge in [-0.1, -0.05) is 29.8 Å². The zero-order valence-electron chi connectivity index (χ0n) is 15.0. The predicted octanol–water partition coefficient (Wildman–Crippen LogP) is 2.64. The third-order valence-electron chi connectivity index (χ3n) is 4.47. The zero-order chi connectivity index (χ0) is 20.1. The summed E-state index contributed by atoms with van der Waals surface area (Å²) in [6, 6.07) is 13.2. The van der Waals surface area contributed by atoms with Gasteiger partial charge in [-0.2, -0.15) is 0 Å². The molecule has 0 spiro atoms. The fourth-order valence-corrected chi connectivity index (χ4v) is 3.21. The molecular weight excluding hydrogens is 384 g/mol. The third kappa shape index (κ3) is 4.85. The Labute approximate surface area is 166 Å². The van der Waals surface area contributed by atoms with Gasteiger partial charge >= 0.3 is 0 Å². The number of hydrogen-bond acceptors (Lipinski definition) is 5. The van der Waals surface area contributed by atoms with Crippen LogP contribution >= 0.6 is 11.6 Å². The number of carbonyl (C=O) groups is 2. The number of rotatable bonds is 5. The molecule has 8 nitrogen and oxygen atoms in total. The Morgan fingerprint density at radius 3 is 2.39 bits per heavy atom. The van der Waals surface area contributed by atoms with Crippen LogP contribution in [-0.4, -0.2) is 59.3 Å². The molecule has 1 saturated heterocycles. The summed E-state index contributed by atoms with van der Waals surface area (Å²) in [4.78, 5) is 38.9. The van der Waals surface area contributed by atoms with Crippen molar-refractivity contribution < 1.29 is 14.5 Å². The van der Waals surface area contributed by atoms with Crippen LogP contribution in [-0.2, 0) is 4.79 Å². The van der Waals surface area contributed by atoms with Gasteiger partial charge in [0.25, 0.3) is 11.6 Å². The minimum Gasteiger partial charge on any atom is -0.336 e. The average molecular weight is 403 g/mol. The van der Waals surface area contributed by atoms with Crippen LogP contribution in [0, 0.1) is 10.1 Å². The molecule has 1 aliphatic rings. The molecule has 146 valence electrons. The molecule has 1 aliphatic heterocycles. The number of para-hydroxylation sites is 1. The van der Waals surface area contributed by atoms with E-state index in [1.807, 2.05) is 35.2 Å². The van der Waals surface area contributed by atoms with Crippen molar-refractivity contribution in [2.75, 3.05) is 38.0 Å². The van der Waals surface area contributed by atoms with E-state index in [4.69, 9.17) is 11.6 Å². The molecule has 1 N–H and O–H groups in total. The predicted molar refractivity (Wildman–Crippen MR) is 106 cm³/mol. The fourth-order valence-electron chi connectivity index (χ4n) is 3.04. The van der Waals surface area contributed by atoms with Crippen LogP contribution in [0.1, 0.15) is 10.4 Å². The number of benzene rings is 2. The molecule has 0 unspecified atom stereocenters. The second kappa shape index (κ2) is 8.81. The summed E-state index contributed by atoms with van der Waals surface area (Å²) in [7, 11) is 0. The molecule has 2 aromatic rings. The van der Waals surface area contributed by atoms with Crippen LogP contribution in [0.25, 0.3) is 0 Å². The lowest BCUT2D eigenvalue weighted by atomic mass is 10.1. The number of amides is 2. The Kier molecular flexibility index (Phi) is 6.23. The van der Waals surface area contributed by atoms with Crippen molar-refractivity contribution in [2.24, 2.45) is 0 Å². The molecule has 3 rings (SSSR count). The molecule has 0 bridgehead atoms. The lowest BCUT2D eigenvalue weighted by molar-refractivity contribution is -0.385. The number of halogens is 1. The molecule has 0 aliphatic carbocycles. The first-order valence-electron chi connectivity index (χ1n) is 8.74. The Morgan fingerprint density at radius 1 is 1.07 bits per heavy atom. The molecular formula is C19H19ClN4O4. The van der Waals surface area contributed by atoms with Gasteiger partial charge in [0.15, 0.2) is 0 Å². The van der Waals surface area contributed by atoms with Crippen LogP contribution in [0.15, 0.2) is 48.5 Å².